The van der Waals surface area contributed by atoms with Gasteiger partial charge in [-0.3, -0.25) is 0 Å². The van der Waals surface area contributed by atoms with Crippen molar-refractivity contribution < 1.29 is 42.9 Å². The van der Waals surface area contributed by atoms with Gasteiger partial charge in [0.2, 0.25) is 0 Å². The summed E-state index contributed by atoms with van der Waals surface area (Å²) >= 11 is 1.33. The summed E-state index contributed by atoms with van der Waals surface area (Å²) < 4.78 is 29.9. The maximum Gasteiger partial charge on any atom is 0.338 e. The normalized spacial score (nSPS) is 19.4. The molecule has 4 aromatic carbocycles. The maximum absolute atomic E-state index is 13.4. The highest BCUT2D eigenvalue weighted by atomic mass is 32.2. The summed E-state index contributed by atoms with van der Waals surface area (Å²) in [7, 11) is 0. The minimum atomic E-state index is -1.26. The Kier molecular flexibility index (Phi) is 11.2. The van der Waals surface area contributed by atoms with Crippen LogP contribution in [-0.2, 0) is 23.7 Å². The van der Waals surface area contributed by atoms with E-state index in [1.165, 1.54) is 11.8 Å². The topological polar surface area (TPSA) is 114 Å². The Morgan fingerprint density at radius 3 is 1.48 bits per heavy atom. The van der Waals surface area contributed by atoms with Crippen molar-refractivity contribution in [3.8, 4) is 0 Å². The van der Waals surface area contributed by atoms with E-state index in [-0.39, 0.29) is 11.1 Å². The van der Waals surface area contributed by atoms with Gasteiger partial charge in [-0.2, -0.15) is 0 Å². The fraction of sp³-hybridized carbons (Fsp3) is 0.222. The van der Waals surface area contributed by atoms with Gasteiger partial charge < -0.3 is 23.7 Å². The minimum absolute atomic E-state index is 0.254. The first kappa shape index (κ1) is 32.5. The van der Waals surface area contributed by atoms with Gasteiger partial charge in [-0.25, -0.2) is 19.2 Å². The third-order valence-electron chi connectivity index (χ3n) is 7.07. The smallest absolute Gasteiger partial charge is 0.338 e. The number of thioether (sulfide) groups is 1. The first-order valence-electron chi connectivity index (χ1n) is 14.7. The lowest BCUT2D eigenvalue weighted by Crippen LogP contribution is -2.47. The molecule has 5 atom stereocenters. The lowest BCUT2D eigenvalue weighted by atomic mass is 10.1. The zero-order valence-corrected chi connectivity index (χ0v) is 25.7. The Morgan fingerprint density at radius 2 is 1.02 bits per heavy atom. The molecule has 1 fully saturated rings. The molecule has 236 valence electrons. The summed E-state index contributed by atoms with van der Waals surface area (Å²) in [6, 6.07) is 33.3. The molecule has 1 saturated heterocycles. The van der Waals surface area contributed by atoms with E-state index in [1.54, 1.807) is 121 Å². The molecule has 1 aliphatic heterocycles. The van der Waals surface area contributed by atoms with E-state index in [2.05, 4.69) is 0 Å². The first-order chi connectivity index (χ1) is 22.4. The Balaban J connectivity index is 1.49. The molecular formula is C36H32O9S. The van der Waals surface area contributed by atoms with Gasteiger partial charge in [0.05, 0.1) is 22.3 Å². The van der Waals surface area contributed by atoms with Crippen molar-refractivity contribution in [2.75, 3.05) is 12.4 Å². The molecule has 0 aromatic heterocycles. The van der Waals surface area contributed by atoms with E-state index in [1.807, 2.05) is 6.92 Å². The van der Waals surface area contributed by atoms with Crippen molar-refractivity contribution in [3.05, 3.63) is 144 Å². The summed E-state index contributed by atoms with van der Waals surface area (Å²) in [5.41, 5.74) is 0.296. The first-order valence-corrected chi connectivity index (χ1v) is 15.8. The van der Waals surface area contributed by atoms with E-state index in [0.717, 1.165) is 0 Å². The molecule has 0 amide bonds. The molecule has 0 saturated carbocycles. The van der Waals surface area contributed by atoms with Crippen molar-refractivity contribution >= 4 is 35.6 Å². The van der Waals surface area contributed by atoms with Crippen LogP contribution in [0.3, 0.4) is 0 Å². The lowest BCUT2D eigenvalue weighted by Gasteiger charge is -2.28. The second-order valence-electron chi connectivity index (χ2n) is 10.2. The van der Waals surface area contributed by atoms with Crippen molar-refractivity contribution in [1.82, 2.24) is 0 Å². The SMILES string of the molecule is CCS[C@@H]1O[C@H]([C@H](COC(=O)c2ccccc2)OC(=O)c2ccccc2)[C@@H](OC(=O)c2ccccc2)[C@H]1OC(=O)c1ccccc1. The zero-order valence-electron chi connectivity index (χ0n) is 24.9. The Morgan fingerprint density at radius 1 is 0.609 bits per heavy atom. The summed E-state index contributed by atoms with van der Waals surface area (Å²) in [6.07, 6.45) is -4.78. The fourth-order valence-electron chi connectivity index (χ4n) is 4.83. The van der Waals surface area contributed by atoms with Gasteiger partial charge >= 0.3 is 23.9 Å². The molecule has 0 unspecified atom stereocenters. The number of hydrogen-bond acceptors (Lipinski definition) is 10. The molecule has 0 aliphatic carbocycles. The van der Waals surface area contributed by atoms with E-state index in [0.29, 0.717) is 16.9 Å². The van der Waals surface area contributed by atoms with Crippen LogP contribution in [-0.4, -0.2) is 66.1 Å². The van der Waals surface area contributed by atoms with E-state index < -0.39 is 60.3 Å². The molecule has 9 nitrogen and oxygen atoms in total. The van der Waals surface area contributed by atoms with E-state index >= 15 is 0 Å². The molecule has 0 spiro atoms. The van der Waals surface area contributed by atoms with Crippen LogP contribution in [0.4, 0.5) is 0 Å². The van der Waals surface area contributed by atoms with Gasteiger partial charge in [0, 0.05) is 0 Å². The number of esters is 4. The monoisotopic (exact) mass is 640 g/mol. The molecule has 0 bridgehead atoms. The average Bonchev–Trinajstić information content (AvgIpc) is 3.43. The summed E-state index contributed by atoms with van der Waals surface area (Å²) in [5, 5.41) is 0. The fourth-order valence-corrected chi connectivity index (χ4v) is 5.76. The van der Waals surface area contributed by atoms with Crippen LogP contribution in [0.1, 0.15) is 48.4 Å². The minimum Gasteiger partial charge on any atom is -0.458 e. The van der Waals surface area contributed by atoms with Crippen molar-refractivity contribution in [3.63, 3.8) is 0 Å². The number of carbonyl (C=O) groups excluding carboxylic acids is 4. The van der Waals surface area contributed by atoms with E-state index in [9.17, 15) is 19.2 Å². The molecule has 4 aromatic rings. The highest BCUT2D eigenvalue weighted by Crippen LogP contribution is 2.37. The van der Waals surface area contributed by atoms with Gasteiger partial charge in [0.15, 0.2) is 18.3 Å². The van der Waals surface area contributed by atoms with Crippen LogP contribution in [0.2, 0.25) is 0 Å². The van der Waals surface area contributed by atoms with Crippen LogP contribution in [0, 0.1) is 0 Å². The van der Waals surface area contributed by atoms with E-state index in [4.69, 9.17) is 23.7 Å². The van der Waals surface area contributed by atoms with Gasteiger partial charge in [-0.15, -0.1) is 11.8 Å². The number of carbonyl (C=O) groups is 4. The number of rotatable bonds is 12. The van der Waals surface area contributed by atoms with Gasteiger partial charge in [-0.1, -0.05) is 79.7 Å². The second-order valence-corrected chi connectivity index (χ2v) is 11.5. The molecular weight excluding hydrogens is 608 g/mol. The predicted octanol–water partition coefficient (Wildman–Crippen LogP) is 6.00. The molecule has 10 heteroatoms. The Labute approximate surface area is 270 Å². The quantitative estimate of drug-likeness (QED) is 0.135. The van der Waals surface area contributed by atoms with Crippen LogP contribution in [0.25, 0.3) is 0 Å². The van der Waals surface area contributed by atoms with Crippen LogP contribution < -0.4 is 0 Å². The van der Waals surface area contributed by atoms with Crippen LogP contribution in [0.15, 0.2) is 121 Å². The number of hydrogen-bond donors (Lipinski definition) is 0. The van der Waals surface area contributed by atoms with Crippen LogP contribution in [0.5, 0.6) is 0 Å². The van der Waals surface area contributed by atoms with Crippen molar-refractivity contribution in [1.29, 1.82) is 0 Å². The van der Waals surface area contributed by atoms with Gasteiger partial charge in [0.25, 0.3) is 0 Å². The van der Waals surface area contributed by atoms with Crippen molar-refractivity contribution in [2.24, 2.45) is 0 Å². The van der Waals surface area contributed by atoms with Gasteiger partial charge in [-0.05, 0) is 54.3 Å². The summed E-state index contributed by atoms with van der Waals surface area (Å²) in [6.45, 7) is 1.47. The third-order valence-corrected chi connectivity index (χ3v) is 8.11. The largest absolute Gasteiger partial charge is 0.458 e. The molecule has 1 aliphatic rings. The zero-order chi connectivity index (χ0) is 32.3. The summed E-state index contributed by atoms with van der Waals surface area (Å²) in [4.78, 5) is 52.9. The standard InChI is InChI=1S/C36H32O9S/c1-2-46-36-31(44-35(40)27-21-13-6-14-22-27)30(43-34(39)26-19-11-5-12-20-26)29(45-36)28(42-33(38)25-17-9-4-10-18-25)23-41-32(37)24-15-7-3-8-16-24/h3-22,28-31,36H,2,23H2,1H3/t28-,29+,30+,31+,36-/m0/s1. The lowest BCUT2D eigenvalue weighted by molar-refractivity contribution is -0.0899. The van der Waals surface area contributed by atoms with Gasteiger partial charge in [0.1, 0.15) is 18.1 Å². The van der Waals surface area contributed by atoms with Crippen molar-refractivity contribution in [2.45, 2.75) is 36.8 Å². The highest BCUT2D eigenvalue weighted by molar-refractivity contribution is 7.99. The molecule has 46 heavy (non-hydrogen) atoms. The maximum atomic E-state index is 13.4. The third kappa shape index (κ3) is 8.21. The molecule has 0 N–H and O–H groups in total. The number of benzene rings is 4. The second kappa shape index (κ2) is 15.9. The number of ether oxygens (including phenoxy) is 5. The molecule has 5 rings (SSSR count). The summed E-state index contributed by atoms with van der Waals surface area (Å²) in [5.74, 6) is -2.14. The Hall–Kier alpha value is -4.93. The predicted molar refractivity (Wildman–Crippen MR) is 170 cm³/mol. The average molecular weight is 641 g/mol. The molecule has 0 radical (unpaired) electrons. The van der Waals surface area contributed by atoms with Crippen LogP contribution >= 0.6 is 11.8 Å². The molecule has 1 heterocycles. The highest BCUT2D eigenvalue weighted by Gasteiger charge is 2.54. The Bertz CT molecular complexity index is 1600.